The Hall–Kier alpha value is -3.17. The topological polar surface area (TPSA) is 82.5 Å². The third kappa shape index (κ3) is 2.77. The smallest absolute Gasteiger partial charge is 0.231 e. The van der Waals surface area contributed by atoms with Gasteiger partial charge in [0.2, 0.25) is 5.91 Å². The number of aliphatic imine (C=N–C) groups is 1. The monoisotopic (exact) mass is 374 g/mol. The highest BCUT2D eigenvalue weighted by Gasteiger charge is 2.37. The number of hydrogen-bond donors (Lipinski definition) is 1. The fourth-order valence-corrected chi connectivity index (χ4v) is 4.76. The Balaban J connectivity index is 1.89. The summed E-state index contributed by atoms with van der Waals surface area (Å²) in [5.74, 6) is 0.202. The molecule has 1 unspecified atom stereocenters. The summed E-state index contributed by atoms with van der Waals surface area (Å²) < 4.78 is 1.11. The van der Waals surface area contributed by atoms with Gasteiger partial charge in [0.05, 0.1) is 23.6 Å². The highest BCUT2D eigenvalue weighted by molar-refractivity contribution is 7.18. The van der Waals surface area contributed by atoms with Crippen molar-refractivity contribution in [2.24, 2.45) is 10.7 Å². The first kappa shape index (κ1) is 17.3. The van der Waals surface area contributed by atoms with Crippen LogP contribution in [0.15, 0.2) is 52.8 Å². The molecular weight excluding hydrogens is 356 g/mol. The third-order valence-electron chi connectivity index (χ3n) is 5.06. The molecule has 0 saturated heterocycles. The summed E-state index contributed by atoms with van der Waals surface area (Å²) in [5, 5.41) is 12.3. The molecule has 27 heavy (non-hydrogen) atoms. The molecule has 0 bridgehead atoms. The number of guanidine groups is 1. The van der Waals surface area contributed by atoms with Crippen LogP contribution in [0, 0.1) is 11.3 Å². The molecule has 0 saturated carbocycles. The van der Waals surface area contributed by atoms with Crippen molar-refractivity contribution in [2.75, 3.05) is 7.05 Å². The molecule has 0 spiro atoms. The second-order valence-corrected chi connectivity index (χ2v) is 7.78. The Bertz CT molecular complexity index is 1140. The number of carbonyl (C=O) groups is 1. The molecule has 1 atom stereocenters. The van der Waals surface area contributed by atoms with E-state index in [0.717, 1.165) is 26.8 Å². The number of thiophene rings is 1. The summed E-state index contributed by atoms with van der Waals surface area (Å²) in [5.41, 5.74) is 9.00. The molecule has 6 heteroatoms. The van der Waals surface area contributed by atoms with Crippen LogP contribution < -0.4 is 5.73 Å². The van der Waals surface area contributed by atoms with Crippen LogP contribution in [0.3, 0.4) is 0 Å². The van der Waals surface area contributed by atoms with Crippen molar-refractivity contribution < 1.29 is 4.79 Å². The molecule has 1 aliphatic rings. The van der Waals surface area contributed by atoms with Crippen LogP contribution in [0.2, 0.25) is 0 Å². The van der Waals surface area contributed by atoms with Crippen LogP contribution in [-0.4, -0.2) is 23.8 Å². The van der Waals surface area contributed by atoms with Crippen LogP contribution >= 0.6 is 11.3 Å². The highest BCUT2D eigenvalue weighted by Crippen LogP contribution is 2.43. The molecule has 5 nitrogen and oxygen atoms in total. The number of nitriles is 1. The zero-order valence-electron chi connectivity index (χ0n) is 15.1. The van der Waals surface area contributed by atoms with Gasteiger partial charge in [-0.25, -0.2) is 4.99 Å². The van der Waals surface area contributed by atoms with E-state index in [1.807, 2.05) is 31.2 Å². The maximum Gasteiger partial charge on any atom is 0.231 e. The Morgan fingerprint density at radius 3 is 2.81 bits per heavy atom. The Morgan fingerprint density at radius 1 is 1.30 bits per heavy atom. The molecule has 1 aromatic heterocycles. The normalized spacial score (nSPS) is 19.8. The summed E-state index contributed by atoms with van der Waals surface area (Å²) in [6, 6.07) is 15.9. The molecule has 0 aliphatic carbocycles. The first-order chi connectivity index (χ1) is 12.9. The molecule has 1 aliphatic heterocycles. The van der Waals surface area contributed by atoms with Gasteiger partial charge in [0.15, 0.2) is 5.96 Å². The molecule has 3 aromatic rings. The predicted octanol–water partition coefficient (Wildman–Crippen LogP) is 3.83. The number of hydrogen-bond acceptors (Lipinski definition) is 5. The molecule has 2 heterocycles. The van der Waals surface area contributed by atoms with E-state index in [1.54, 1.807) is 24.5 Å². The summed E-state index contributed by atoms with van der Waals surface area (Å²) in [6.45, 7) is 1.95. The fourth-order valence-electron chi connectivity index (χ4n) is 3.52. The first-order valence-corrected chi connectivity index (χ1v) is 9.44. The van der Waals surface area contributed by atoms with Crippen molar-refractivity contribution in [2.45, 2.75) is 18.9 Å². The van der Waals surface area contributed by atoms with Gasteiger partial charge >= 0.3 is 0 Å². The molecule has 0 fully saturated rings. The van der Waals surface area contributed by atoms with E-state index in [0.29, 0.717) is 5.56 Å². The lowest BCUT2D eigenvalue weighted by molar-refractivity contribution is -0.128. The van der Waals surface area contributed by atoms with Crippen LogP contribution in [0.5, 0.6) is 0 Å². The number of nitrogens with zero attached hydrogens (tertiary/aromatic N) is 3. The highest BCUT2D eigenvalue weighted by atomic mass is 32.1. The number of benzene rings is 2. The molecule has 1 amide bonds. The Morgan fingerprint density at radius 2 is 2.07 bits per heavy atom. The van der Waals surface area contributed by atoms with Gasteiger partial charge in [-0.05, 0) is 46.5 Å². The van der Waals surface area contributed by atoms with Gasteiger partial charge in [-0.1, -0.05) is 30.3 Å². The van der Waals surface area contributed by atoms with E-state index in [4.69, 9.17) is 5.73 Å². The molecule has 4 rings (SSSR count). The summed E-state index contributed by atoms with van der Waals surface area (Å²) in [4.78, 5) is 18.4. The minimum absolute atomic E-state index is 0.0396. The Kier molecular flexibility index (Phi) is 3.97. The van der Waals surface area contributed by atoms with Crippen LogP contribution in [0.1, 0.15) is 24.5 Å². The SMILES string of the molecule is CN1C(=O)CC(C)(c2csc3c(-c4cccc(C#N)c4)cccc23)N=C1N. The van der Waals surface area contributed by atoms with E-state index in [9.17, 15) is 10.1 Å². The zero-order chi connectivity index (χ0) is 19.2. The number of amides is 1. The van der Waals surface area contributed by atoms with E-state index in [2.05, 4.69) is 28.6 Å². The zero-order valence-corrected chi connectivity index (χ0v) is 15.9. The van der Waals surface area contributed by atoms with Gasteiger partial charge in [0.25, 0.3) is 0 Å². The predicted molar refractivity (Wildman–Crippen MR) is 108 cm³/mol. The quantitative estimate of drug-likeness (QED) is 0.740. The van der Waals surface area contributed by atoms with Crippen LogP contribution in [0.4, 0.5) is 0 Å². The summed E-state index contributed by atoms with van der Waals surface area (Å²) >= 11 is 1.63. The van der Waals surface area contributed by atoms with Gasteiger partial charge in [-0.2, -0.15) is 5.26 Å². The van der Waals surface area contributed by atoms with Crippen molar-refractivity contribution in [1.29, 1.82) is 5.26 Å². The summed E-state index contributed by atoms with van der Waals surface area (Å²) in [7, 11) is 1.65. The van der Waals surface area contributed by atoms with Crippen molar-refractivity contribution in [3.05, 3.63) is 59.0 Å². The molecule has 134 valence electrons. The number of fused-ring (bicyclic) bond motifs is 1. The average Bonchev–Trinajstić information content (AvgIpc) is 3.11. The molecule has 2 aromatic carbocycles. The van der Waals surface area contributed by atoms with Crippen molar-refractivity contribution >= 4 is 33.3 Å². The largest absolute Gasteiger partial charge is 0.369 e. The van der Waals surface area contributed by atoms with Gasteiger partial charge in [0.1, 0.15) is 0 Å². The third-order valence-corrected chi connectivity index (χ3v) is 6.09. The molecule has 2 N–H and O–H groups in total. The lowest BCUT2D eigenvalue weighted by Crippen LogP contribution is -2.47. The van der Waals surface area contributed by atoms with E-state index >= 15 is 0 Å². The van der Waals surface area contributed by atoms with Crippen molar-refractivity contribution in [3.8, 4) is 17.2 Å². The van der Waals surface area contributed by atoms with Gasteiger partial charge < -0.3 is 5.73 Å². The van der Waals surface area contributed by atoms with Crippen molar-refractivity contribution in [3.63, 3.8) is 0 Å². The summed E-state index contributed by atoms with van der Waals surface area (Å²) in [6.07, 6.45) is 0.282. The Labute approximate surface area is 161 Å². The molecular formula is C21H18N4OS. The maximum atomic E-state index is 12.3. The van der Waals surface area contributed by atoms with Gasteiger partial charge in [-0.3, -0.25) is 9.69 Å². The number of nitrogens with two attached hydrogens (primary N) is 1. The van der Waals surface area contributed by atoms with Crippen LogP contribution in [-0.2, 0) is 10.3 Å². The first-order valence-electron chi connectivity index (χ1n) is 8.56. The minimum Gasteiger partial charge on any atom is -0.369 e. The number of carbonyl (C=O) groups excluding carboxylic acids is 1. The van der Waals surface area contributed by atoms with E-state index < -0.39 is 5.54 Å². The average molecular weight is 374 g/mol. The molecule has 0 radical (unpaired) electrons. The van der Waals surface area contributed by atoms with Crippen molar-refractivity contribution in [1.82, 2.24) is 4.90 Å². The standard InChI is InChI=1S/C21H18N4OS/c1-21(10-18(26)25(2)20(23)24-21)17-12-27-19-15(7-4-8-16(17)19)14-6-3-5-13(9-14)11-22/h3-9,12H,10H2,1-2H3,(H2,23,24). The minimum atomic E-state index is -0.681. The lowest BCUT2D eigenvalue weighted by Gasteiger charge is -2.33. The number of rotatable bonds is 2. The second-order valence-electron chi connectivity index (χ2n) is 6.90. The second kappa shape index (κ2) is 6.22. The fraction of sp³-hybridized carbons (Fsp3) is 0.190. The van der Waals surface area contributed by atoms with E-state index in [1.165, 1.54) is 4.90 Å². The lowest BCUT2D eigenvalue weighted by atomic mass is 9.86. The van der Waals surface area contributed by atoms with Crippen LogP contribution in [0.25, 0.3) is 21.2 Å². The maximum absolute atomic E-state index is 12.3. The van der Waals surface area contributed by atoms with Gasteiger partial charge in [-0.15, -0.1) is 11.3 Å². The van der Waals surface area contributed by atoms with Gasteiger partial charge in [0, 0.05) is 11.7 Å². The van der Waals surface area contributed by atoms with E-state index in [-0.39, 0.29) is 18.3 Å².